The Bertz CT molecular complexity index is 715. The largest absolute Gasteiger partial charge is 0.497 e. The van der Waals surface area contributed by atoms with Crippen molar-refractivity contribution in [2.45, 2.75) is 18.8 Å². The zero-order chi connectivity index (χ0) is 16.6. The molecule has 3 rings (SSSR count). The van der Waals surface area contributed by atoms with Crippen molar-refractivity contribution in [2.75, 3.05) is 18.6 Å². The third kappa shape index (κ3) is 2.86. The predicted octanol–water partition coefficient (Wildman–Crippen LogP) is 3.73. The van der Waals surface area contributed by atoms with Crippen molar-refractivity contribution in [3.05, 3.63) is 59.2 Å². The molecule has 0 amide bonds. The van der Waals surface area contributed by atoms with E-state index < -0.39 is 11.7 Å². The summed E-state index contributed by atoms with van der Waals surface area (Å²) in [7, 11) is 1.58. The minimum Gasteiger partial charge on any atom is -0.497 e. The summed E-state index contributed by atoms with van der Waals surface area (Å²) in [6.07, 6.45) is -4.35. The van der Waals surface area contributed by atoms with Crippen molar-refractivity contribution in [3.63, 3.8) is 0 Å². The average molecular weight is 322 g/mol. The topological polar surface area (TPSA) is 38.5 Å². The Morgan fingerprint density at radius 1 is 1.22 bits per heavy atom. The lowest BCUT2D eigenvalue weighted by Crippen LogP contribution is -2.27. The summed E-state index contributed by atoms with van der Waals surface area (Å²) in [5.41, 5.74) is 7.61. The molecule has 6 heteroatoms. The molecule has 2 aromatic rings. The molecule has 122 valence electrons. The first-order chi connectivity index (χ1) is 10.9. The fraction of sp³-hybridized carbons (Fsp3) is 0.294. The number of ether oxygens (including phenoxy) is 1. The maximum Gasteiger partial charge on any atom is 0.416 e. The molecule has 1 aliphatic rings. The van der Waals surface area contributed by atoms with Crippen LogP contribution in [0.25, 0.3) is 0 Å². The van der Waals surface area contributed by atoms with Gasteiger partial charge in [0.2, 0.25) is 0 Å². The lowest BCUT2D eigenvalue weighted by atomic mass is 10.0. The minimum absolute atomic E-state index is 0.242. The standard InChI is InChI=1S/C17H17F3N2O/c1-23-14-4-2-3-13(8-14)22-10-11-5-6-12(17(18,19)20)7-15(11)16(22)9-21/h2-8,16H,9-10,21H2,1H3. The molecule has 1 aliphatic heterocycles. The van der Waals surface area contributed by atoms with E-state index in [1.807, 2.05) is 29.2 Å². The number of halogens is 3. The summed E-state index contributed by atoms with van der Waals surface area (Å²) in [6, 6.07) is 11.0. The van der Waals surface area contributed by atoms with Crippen LogP contribution < -0.4 is 15.4 Å². The fourth-order valence-corrected chi connectivity index (χ4v) is 3.00. The van der Waals surface area contributed by atoms with Crippen molar-refractivity contribution in [1.29, 1.82) is 0 Å². The quantitative estimate of drug-likeness (QED) is 0.936. The van der Waals surface area contributed by atoms with Gasteiger partial charge in [-0.15, -0.1) is 0 Å². The highest BCUT2D eigenvalue weighted by molar-refractivity contribution is 5.57. The molecule has 1 atom stereocenters. The molecule has 0 saturated heterocycles. The summed E-state index contributed by atoms with van der Waals surface area (Å²) in [5.74, 6) is 0.699. The molecule has 0 bridgehead atoms. The molecule has 23 heavy (non-hydrogen) atoms. The second kappa shape index (κ2) is 5.77. The van der Waals surface area contributed by atoms with Crippen molar-refractivity contribution in [1.82, 2.24) is 0 Å². The van der Waals surface area contributed by atoms with E-state index >= 15 is 0 Å². The Morgan fingerprint density at radius 2 is 2.00 bits per heavy atom. The van der Waals surface area contributed by atoms with Gasteiger partial charge in [0.25, 0.3) is 0 Å². The zero-order valence-corrected chi connectivity index (χ0v) is 12.6. The van der Waals surface area contributed by atoms with E-state index in [4.69, 9.17) is 10.5 Å². The number of fused-ring (bicyclic) bond motifs is 1. The van der Waals surface area contributed by atoms with Gasteiger partial charge in [-0.3, -0.25) is 0 Å². The monoisotopic (exact) mass is 322 g/mol. The minimum atomic E-state index is -4.35. The maximum atomic E-state index is 12.9. The van der Waals surface area contributed by atoms with Crippen LogP contribution in [0.2, 0.25) is 0 Å². The summed E-state index contributed by atoms with van der Waals surface area (Å²) >= 11 is 0. The van der Waals surface area contributed by atoms with Gasteiger partial charge in [-0.2, -0.15) is 13.2 Å². The molecule has 1 unspecified atom stereocenters. The maximum absolute atomic E-state index is 12.9. The number of methoxy groups -OCH3 is 1. The average Bonchev–Trinajstić information content (AvgIpc) is 2.91. The van der Waals surface area contributed by atoms with E-state index in [-0.39, 0.29) is 12.6 Å². The smallest absolute Gasteiger partial charge is 0.416 e. The van der Waals surface area contributed by atoms with Crippen LogP contribution in [-0.2, 0) is 12.7 Å². The zero-order valence-electron chi connectivity index (χ0n) is 12.6. The predicted molar refractivity (Wildman–Crippen MR) is 82.4 cm³/mol. The molecule has 0 radical (unpaired) electrons. The second-order valence-corrected chi connectivity index (χ2v) is 5.49. The molecule has 0 aliphatic carbocycles. The fourth-order valence-electron chi connectivity index (χ4n) is 3.00. The van der Waals surface area contributed by atoms with E-state index in [2.05, 4.69) is 0 Å². The normalized spacial score (nSPS) is 17.3. The van der Waals surface area contributed by atoms with Gasteiger partial charge in [-0.25, -0.2) is 0 Å². The number of hydrogen-bond acceptors (Lipinski definition) is 3. The number of hydrogen-bond donors (Lipinski definition) is 1. The summed E-state index contributed by atoms with van der Waals surface area (Å²) < 4.78 is 44.1. The lowest BCUT2D eigenvalue weighted by Gasteiger charge is -2.26. The van der Waals surface area contributed by atoms with E-state index in [0.29, 0.717) is 17.9 Å². The summed E-state index contributed by atoms with van der Waals surface area (Å²) in [6.45, 7) is 0.772. The van der Waals surface area contributed by atoms with Gasteiger partial charge in [0.05, 0.1) is 18.7 Å². The third-order valence-corrected chi connectivity index (χ3v) is 4.16. The van der Waals surface area contributed by atoms with E-state index in [1.54, 1.807) is 13.2 Å². The Morgan fingerprint density at radius 3 is 2.65 bits per heavy atom. The van der Waals surface area contributed by atoms with E-state index in [1.165, 1.54) is 6.07 Å². The van der Waals surface area contributed by atoms with Crippen molar-refractivity contribution in [2.24, 2.45) is 5.73 Å². The lowest BCUT2D eigenvalue weighted by molar-refractivity contribution is -0.137. The Labute approximate surface area is 132 Å². The van der Waals surface area contributed by atoms with Crippen molar-refractivity contribution in [3.8, 4) is 5.75 Å². The van der Waals surface area contributed by atoms with Crippen LogP contribution in [0.3, 0.4) is 0 Å². The van der Waals surface area contributed by atoms with Crippen LogP contribution in [0.4, 0.5) is 18.9 Å². The molecule has 2 aromatic carbocycles. The molecule has 0 saturated carbocycles. The first-order valence-electron chi connectivity index (χ1n) is 7.25. The number of alkyl halides is 3. The van der Waals surface area contributed by atoms with Gasteiger partial charge in [0, 0.05) is 24.8 Å². The molecular formula is C17H17F3N2O. The number of rotatable bonds is 3. The summed E-state index contributed by atoms with van der Waals surface area (Å²) in [5, 5.41) is 0. The number of benzene rings is 2. The molecule has 3 nitrogen and oxygen atoms in total. The second-order valence-electron chi connectivity index (χ2n) is 5.49. The van der Waals surface area contributed by atoms with Crippen LogP contribution in [0.15, 0.2) is 42.5 Å². The van der Waals surface area contributed by atoms with Crippen LogP contribution in [-0.4, -0.2) is 13.7 Å². The molecule has 0 spiro atoms. The van der Waals surface area contributed by atoms with Gasteiger partial charge in [0.15, 0.2) is 0 Å². The first kappa shape index (κ1) is 15.7. The van der Waals surface area contributed by atoms with Gasteiger partial charge >= 0.3 is 6.18 Å². The van der Waals surface area contributed by atoms with Crippen molar-refractivity contribution < 1.29 is 17.9 Å². The Balaban J connectivity index is 1.99. The number of nitrogens with two attached hydrogens (primary N) is 1. The highest BCUT2D eigenvalue weighted by atomic mass is 19.4. The number of anilines is 1. The highest BCUT2D eigenvalue weighted by Gasteiger charge is 2.35. The van der Waals surface area contributed by atoms with Crippen LogP contribution in [0.1, 0.15) is 22.7 Å². The number of nitrogens with zero attached hydrogens (tertiary/aromatic N) is 1. The Hall–Kier alpha value is -2.21. The SMILES string of the molecule is COc1cccc(N2Cc3ccc(C(F)(F)F)cc3C2CN)c1. The Kier molecular flexibility index (Phi) is 3.93. The molecule has 1 heterocycles. The van der Waals surface area contributed by atoms with Gasteiger partial charge in [-0.1, -0.05) is 12.1 Å². The van der Waals surface area contributed by atoms with Crippen LogP contribution >= 0.6 is 0 Å². The first-order valence-corrected chi connectivity index (χ1v) is 7.25. The van der Waals surface area contributed by atoms with E-state index in [9.17, 15) is 13.2 Å². The van der Waals surface area contributed by atoms with E-state index in [0.717, 1.165) is 17.3 Å². The third-order valence-electron chi connectivity index (χ3n) is 4.16. The van der Waals surface area contributed by atoms with Crippen molar-refractivity contribution >= 4 is 5.69 Å². The highest BCUT2D eigenvalue weighted by Crippen LogP contribution is 2.40. The van der Waals surface area contributed by atoms with Gasteiger partial charge in [-0.05, 0) is 35.4 Å². The molecule has 2 N–H and O–H groups in total. The molecule has 0 fully saturated rings. The van der Waals surface area contributed by atoms with Crippen LogP contribution in [0.5, 0.6) is 5.75 Å². The van der Waals surface area contributed by atoms with Crippen LogP contribution in [0, 0.1) is 0 Å². The molecule has 0 aromatic heterocycles. The van der Waals surface area contributed by atoms with Gasteiger partial charge < -0.3 is 15.4 Å². The summed E-state index contributed by atoms with van der Waals surface area (Å²) in [4.78, 5) is 2.01. The van der Waals surface area contributed by atoms with Gasteiger partial charge in [0.1, 0.15) is 5.75 Å². The molecular weight excluding hydrogens is 305 g/mol.